The van der Waals surface area contributed by atoms with Gasteiger partial charge >= 0.3 is 6.03 Å². The first-order valence-corrected chi connectivity index (χ1v) is 9.91. The summed E-state index contributed by atoms with van der Waals surface area (Å²) >= 11 is 0. The highest BCUT2D eigenvalue weighted by Crippen LogP contribution is 2.44. The van der Waals surface area contributed by atoms with Crippen molar-refractivity contribution in [1.82, 2.24) is 20.1 Å². The van der Waals surface area contributed by atoms with Gasteiger partial charge in [-0.05, 0) is 57.0 Å². The van der Waals surface area contributed by atoms with Gasteiger partial charge in [0.15, 0.2) is 0 Å². The Kier molecular flexibility index (Phi) is 4.68. The Morgan fingerprint density at radius 3 is 2.85 bits per heavy atom. The number of H-pyrrole nitrogens is 1. The quantitative estimate of drug-likeness (QED) is 0.816. The first-order valence-electron chi connectivity index (χ1n) is 9.91. The number of aromatic nitrogens is 1. The molecule has 0 bridgehead atoms. The lowest BCUT2D eigenvalue weighted by atomic mass is 9.72. The third-order valence-electron chi connectivity index (χ3n) is 6.38. The molecule has 0 spiro atoms. The minimum absolute atomic E-state index is 0.00353. The Bertz CT molecular complexity index is 870. The standard InChI is InChI=1S/C21H28N4O2/c1-4-25(5-2)21(27)23-15-9-16-18(24(3)11-15)8-14-10-22-17-7-6-13(12-26)19(16)20(14)17/h6-7,10,12,15-16,18,22H,4-5,8-9,11H2,1-3H3,(H,23,27)/t15-,16?,18+/m0/s1. The number of amides is 2. The SMILES string of the molecule is CCN(CC)C(=O)N[C@H]1CC2c3c(C=O)ccc4[nH]cc(c34)C[C@H]2N(C)C1. The summed E-state index contributed by atoms with van der Waals surface area (Å²) in [6.45, 7) is 6.24. The van der Waals surface area contributed by atoms with Crippen molar-refractivity contribution in [3.8, 4) is 0 Å². The zero-order valence-electron chi connectivity index (χ0n) is 16.3. The maximum absolute atomic E-state index is 12.5. The number of carbonyl (C=O) groups excluding carboxylic acids is 2. The van der Waals surface area contributed by atoms with Gasteiger partial charge in [0, 0.05) is 60.3 Å². The van der Waals surface area contributed by atoms with E-state index in [1.54, 1.807) is 0 Å². The smallest absolute Gasteiger partial charge is 0.317 e. The van der Waals surface area contributed by atoms with Crippen molar-refractivity contribution in [1.29, 1.82) is 0 Å². The number of hydrogen-bond acceptors (Lipinski definition) is 3. The van der Waals surface area contributed by atoms with E-state index in [-0.39, 0.29) is 18.0 Å². The molecule has 1 aliphatic carbocycles. The van der Waals surface area contributed by atoms with Crippen LogP contribution in [-0.2, 0) is 6.42 Å². The van der Waals surface area contributed by atoms with Crippen LogP contribution >= 0.6 is 0 Å². The number of carbonyl (C=O) groups is 2. The van der Waals surface area contributed by atoms with Crippen LogP contribution in [0, 0.1) is 0 Å². The molecule has 0 saturated carbocycles. The van der Waals surface area contributed by atoms with Gasteiger partial charge in [0.1, 0.15) is 6.29 Å². The maximum atomic E-state index is 12.5. The minimum atomic E-state index is 0.00353. The molecule has 144 valence electrons. The summed E-state index contributed by atoms with van der Waals surface area (Å²) in [6, 6.07) is 4.37. The number of nitrogens with one attached hydrogen (secondary N) is 2. The molecule has 4 rings (SSSR count). The van der Waals surface area contributed by atoms with Gasteiger partial charge in [-0.2, -0.15) is 0 Å². The number of likely N-dealkylation sites (tertiary alicyclic amines) is 1. The second-order valence-corrected chi connectivity index (χ2v) is 7.79. The van der Waals surface area contributed by atoms with E-state index in [4.69, 9.17) is 0 Å². The van der Waals surface area contributed by atoms with Gasteiger partial charge in [-0.25, -0.2) is 4.79 Å². The van der Waals surface area contributed by atoms with Crippen molar-refractivity contribution in [3.05, 3.63) is 35.0 Å². The number of hydrogen-bond donors (Lipinski definition) is 2. The van der Waals surface area contributed by atoms with Gasteiger partial charge in [-0.1, -0.05) is 0 Å². The molecule has 1 aliphatic heterocycles. The normalized spacial score (nSPS) is 24.5. The first kappa shape index (κ1) is 18.0. The second kappa shape index (κ2) is 7.00. The number of fused-ring (bicyclic) bond motifs is 2. The molecule has 2 amide bonds. The number of benzene rings is 1. The Labute approximate surface area is 159 Å². The van der Waals surface area contributed by atoms with Crippen LogP contribution in [0.1, 0.15) is 47.7 Å². The number of rotatable bonds is 4. The average molecular weight is 368 g/mol. The zero-order chi connectivity index (χ0) is 19.1. The van der Waals surface area contributed by atoms with Crippen LogP contribution < -0.4 is 5.32 Å². The highest BCUT2D eigenvalue weighted by Gasteiger charge is 2.41. The summed E-state index contributed by atoms with van der Waals surface area (Å²) in [5.74, 6) is 0.248. The molecule has 2 N–H and O–H groups in total. The molecule has 6 nitrogen and oxygen atoms in total. The van der Waals surface area contributed by atoms with Gasteiger partial charge in [0.05, 0.1) is 0 Å². The lowest BCUT2D eigenvalue weighted by molar-refractivity contribution is 0.110. The molecular formula is C21H28N4O2. The van der Waals surface area contributed by atoms with Crippen LogP contribution in [0.25, 0.3) is 10.9 Å². The van der Waals surface area contributed by atoms with Gasteiger partial charge in [-0.15, -0.1) is 0 Å². The topological polar surface area (TPSA) is 68.4 Å². The maximum Gasteiger partial charge on any atom is 0.317 e. The molecule has 1 unspecified atom stereocenters. The fraction of sp³-hybridized carbons (Fsp3) is 0.524. The van der Waals surface area contributed by atoms with Crippen LogP contribution in [0.4, 0.5) is 4.79 Å². The predicted octanol–water partition coefficient (Wildman–Crippen LogP) is 2.74. The van der Waals surface area contributed by atoms with Gasteiger partial charge in [0.25, 0.3) is 0 Å². The fourth-order valence-corrected chi connectivity index (χ4v) is 5.05. The Hall–Kier alpha value is -2.34. The van der Waals surface area contributed by atoms with E-state index < -0.39 is 0 Å². The average Bonchev–Trinajstić information content (AvgIpc) is 3.07. The Balaban J connectivity index is 1.67. The number of likely N-dealkylation sites (N-methyl/N-ethyl adjacent to an activating group) is 1. The summed E-state index contributed by atoms with van der Waals surface area (Å²) in [7, 11) is 2.13. The summed E-state index contributed by atoms with van der Waals surface area (Å²) in [4.78, 5) is 31.8. The summed E-state index contributed by atoms with van der Waals surface area (Å²) in [5.41, 5.74) is 4.33. The monoisotopic (exact) mass is 368 g/mol. The van der Waals surface area contributed by atoms with Crippen LogP contribution in [0.2, 0.25) is 0 Å². The van der Waals surface area contributed by atoms with E-state index in [1.165, 1.54) is 10.9 Å². The van der Waals surface area contributed by atoms with Crippen molar-refractivity contribution in [2.45, 2.75) is 44.7 Å². The third kappa shape index (κ3) is 2.92. The number of piperidine rings is 1. The molecule has 1 fully saturated rings. The van der Waals surface area contributed by atoms with Gasteiger partial charge < -0.3 is 20.1 Å². The first-order chi connectivity index (χ1) is 13.1. The number of urea groups is 1. The Morgan fingerprint density at radius 2 is 2.15 bits per heavy atom. The summed E-state index contributed by atoms with van der Waals surface area (Å²) in [6.07, 6.45) is 4.91. The lowest BCUT2D eigenvalue weighted by Gasteiger charge is -2.46. The summed E-state index contributed by atoms with van der Waals surface area (Å²) in [5, 5.41) is 4.43. The highest BCUT2D eigenvalue weighted by atomic mass is 16.2. The molecule has 0 radical (unpaired) electrons. The van der Waals surface area contributed by atoms with E-state index in [0.29, 0.717) is 19.1 Å². The van der Waals surface area contributed by atoms with Gasteiger partial charge in [-0.3, -0.25) is 4.79 Å². The van der Waals surface area contributed by atoms with Gasteiger partial charge in [0.2, 0.25) is 0 Å². The number of aldehydes is 1. The zero-order valence-corrected chi connectivity index (χ0v) is 16.3. The van der Waals surface area contributed by atoms with Crippen molar-refractivity contribution in [2.75, 3.05) is 26.7 Å². The molecular weight excluding hydrogens is 340 g/mol. The van der Waals surface area contributed by atoms with Crippen molar-refractivity contribution in [2.24, 2.45) is 0 Å². The summed E-state index contributed by atoms with van der Waals surface area (Å²) < 4.78 is 0. The van der Waals surface area contributed by atoms with Crippen LogP contribution in [0.3, 0.4) is 0 Å². The van der Waals surface area contributed by atoms with Crippen molar-refractivity contribution in [3.63, 3.8) is 0 Å². The van der Waals surface area contributed by atoms with E-state index in [1.807, 2.05) is 30.9 Å². The molecule has 6 heteroatoms. The molecule has 1 saturated heterocycles. The fourth-order valence-electron chi connectivity index (χ4n) is 5.05. The molecule has 1 aromatic carbocycles. The number of nitrogens with zero attached hydrogens (tertiary/aromatic N) is 2. The van der Waals surface area contributed by atoms with Crippen LogP contribution in [0.5, 0.6) is 0 Å². The molecule has 2 heterocycles. The largest absolute Gasteiger partial charge is 0.361 e. The van der Waals surface area contributed by atoms with E-state index in [9.17, 15) is 9.59 Å². The predicted molar refractivity (Wildman–Crippen MR) is 106 cm³/mol. The molecule has 2 aromatic rings. The third-order valence-corrected chi connectivity index (χ3v) is 6.38. The second-order valence-electron chi connectivity index (χ2n) is 7.79. The van der Waals surface area contributed by atoms with Crippen molar-refractivity contribution < 1.29 is 9.59 Å². The molecule has 2 aliphatic rings. The minimum Gasteiger partial charge on any atom is -0.361 e. The van der Waals surface area contributed by atoms with Crippen molar-refractivity contribution >= 4 is 23.2 Å². The lowest BCUT2D eigenvalue weighted by Crippen LogP contribution is -2.56. The van der Waals surface area contributed by atoms with E-state index in [0.717, 1.165) is 42.3 Å². The highest BCUT2D eigenvalue weighted by molar-refractivity contribution is 5.95. The van der Waals surface area contributed by atoms with Crippen LogP contribution in [-0.4, -0.2) is 65.9 Å². The Morgan fingerprint density at radius 1 is 1.37 bits per heavy atom. The van der Waals surface area contributed by atoms with E-state index in [2.05, 4.69) is 28.4 Å². The molecule has 3 atom stereocenters. The molecule has 1 aromatic heterocycles. The van der Waals surface area contributed by atoms with E-state index >= 15 is 0 Å². The van der Waals surface area contributed by atoms with Crippen LogP contribution in [0.15, 0.2) is 18.3 Å². The number of aromatic amines is 1. The molecule has 27 heavy (non-hydrogen) atoms.